The highest BCUT2D eigenvalue weighted by molar-refractivity contribution is 5.66. The van der Waals surface area contributed by atoms with Gasteiger partial charge in [-0.1, -0.05) is 17.3 Å². The van der Waals surface area contributed by atoms with Crippen LogP contribution in [0.25, 0.3) is 34.0 Å². The van der Waals surface area contributed by atoms with E-state index in [2.05, 4.69) is 15.1 Å². The second-order valence-electron chi connectivity index (χ2n) is 6.72. The Hall–Kier alpha value is -3.94. The molecule has 2 aromatic carbocycles. The molecule has 5 nitrogen and oxygen atoms in total. The number of halogens is 3. The number of aromatic nitrogens is 4. The summed E-state index contributed by atoms with van der Waals surface area (Å²) in [4.78, 5) is 8.79. The number of pyridine rings is 1. The third-order valence-electron chi connectivity index (χ3n) is 4.64. The van der Waals surface area contributed by atoms with E-state index in [-0.39, 0.29) is 17.1 Å². The van der Waals surface area contributed by atoms with Crippen molar-refractivity contribution >= 4 is 0 Å². The number of fused-ring (bicyclic) bond motifs is 1. The van der Waals surface area contributed by atoms with Crippen molar-refractivity contribution in [2.24, 2.45) is 0 Å². The lowest BCUT2D eigenvalue weighted by atomic mass is 10.1. The summed E-state index contributed by atoms with van der Waals surface area (Å²) < 4.78 is 48.4. The van der Waals surface area contributed by atoms with E-state index in [0.29, 0.717) is 35.1 Å². The fourth-order valence-electron chi connectivity index (χ4n) is 3.20. The van der Waals surface area contributed by atoms with Gasteiger partial charge in [-0.05, 0) is 36.4 Å². The van der Waals surface area contributed by atoms with Gasteiger partial charge in [0.1, 0.15) is 28.8 Å². The number of hydrogen-bond acceptors (Lipinski definition) is 4. The third kappa shape index (κ3) is 3.32. The van der Waals surface area contributed by atoms with Crippen LogP contribution in [0.5, 0.6) is 0 Å². The lowest BCUT2D eigenvalue weighted by Crippen LogP contribution is -1.99. The average molecular weight is 406 g/mol. The molecular formula is C22H13F3N4O. The zero-order chi connectivity index (χ0) is 20.7. The second-order valence-corrected chi connectivity index (χ2v) is 6.72. The average Bonchev–Trinajstić information content (AvgIpc) is 3.37. The molecule has 5 rings (SSSR count). The minimum atomic E-state index is -0.585. The van der Waals surface area contributed by atoms with Gasteiger partial charge < -0.3 is 9.09 Å². The van der Waals surface area contributed by atoms with E-state index in [4.69, 9.17) is 4.52 Å². The van der Waals surface area contributed by atoms with Crippen LogP contribution >= 0.6 is 0 Å². The maximum Gasteiger partial charge on any atom is 0.163 e. The maximum atomic E-state index is 14.0. The van der Waals surface area contributed by atoms with Gasteiger partial charge in [-0.2, -0.15) is 0 Å². The van der Waals surface area contributed by atoms with Gasteiger partial charge in [0.2, 0.25) is 0 Å². The molecule has 2 aliphatic heterocycles. The molecule has 0 radical (unpaired) electrons. The van der Waals surface area contributed by atoms with E-state index in [1.807, 2.05) is 0 Å². The first kappa shape index (κ1) is 18.1. The molecule has 2 aliphatic rings. The van der Waals surface area contributed by atoms with Crippen molar-refractivity contribution in [3.05, 3.63) is 90.2 Å². The van der Waals surface area contributed by atoms with E-state index in [0.717, 1.165) is 18.2 Å². The molecule has 0 unspecified atom stereocenters. The highest BCUT2D eigenvalue weighted by Gasteiger charge is 2.16. The Morgan fingerprint density at radius 1 is 0.800 bits per heavy atom. The van der Waals surface area contributed by atoms with Crippen molar-refractivity contribution in [2.45, 2.75) is 6.54 Å². The van der Waals surface area contributed by atoms with Gasteiger partial charge in [-0.15, -0.1) is 0 Å². The third-order valence-corrected chi connectivity index (χ3v) is 4.64. The Labute approximate surface area is 168 Å². The molecule has 0 N–H and O–H groups in total. The van der Waals surface area contributed by atoms with Crippen LogP contribution in [0.3, 0.4) is 0 Å². The predicted molar refractivity (Wildman–Crippen MR) is 103 cm³/mol. The van der Waals surface area contributed by atoms with Crippen molar-refractivity contribution in [3.8, 4) is 34.0 Å². The highest BCUT2D eigenvalue weighted by atomic mass is 19.1. The quantitative estimate of drug-likeness (QED) is 0.413. The number of rotatable bonds is 4. The summed E-state index contributed by atoms with van der Waals surface area (Å²) in [5, 5.41) is 3.84. The van der Waals surface area contributed by atoms with Gasteiger partial charge in [0.25, 0.3) is 0 Å². The molecule has 3 aromatic rings. The van der Waals surface area contributed by atoms with Crippen LogP contribution in [-0.2, 0) is 6.54 Å². The van der Waals surface area contributed by atoms with E-state index in [1.165, 1.54) is 6.07 Å². The van der Waals surface area contributed by atoms with Crippen LogP contribution in [0.2, 0.25) is 0 Å². The molecule has 8 heteroatoms. The summed E-state index contributed by atoms with van der Waals surface area (Å²) in [7, 11) is 0. The molecule has 0 atom stereocenters. The Morgan fingerprint density at radius 3 is 2.47 bits per heavy atom. The molecule has 148 valence electrons. The summed E-state index contributed by atoms with van der Waals surface area (Å²) in [5.74, 6) is -0.773. The fourth-order valence-corrected chi connectivity index (χ4v) is 3.20. The zero-order valence-electron chi connectivity index (χ0n) is 15.4. The largest absolute Gasteiger partial charge is 0.359 e. The van der Waals surface area contributed by atoms with Gasteiger partial charge in [0.05, 0.1) is 17.8 Å². The fraction of sp³-hybridized carbons (Fsp3) is 0.0455. The van der Waals surface area contributed by atoms with Crippen LogP contribution in [0.15, 0.2) is 71.5 Å². The van der Waals surface area contributed by atoms with E-state index in [9.17, 15) is 13.2 Å². The highest BCUT2D eigenvalue weighted by Crippen LogP contribution is 2.27. The molecule has 0 amide bonds. The molecule has 0 spiro atoms. The van der Waals surface area contributed by atoms with Gasteiger partial charge in [-0.3, -0.25) is 0 Å². The minimum Gasteiger partial charge on any atom is -0.359 e. The first-order valence-corrected chi connectivity index (χ1v) is 9.06. The van der Waals surface area contributed by atoms with Gasteiger partial charge in [-0.25, -0.2) is 23.1 Å². The molecule has 0 aliphatic carbocycles. The number of imidazole rings is 1. The van der Waals surface area contributed by atoms with E-state index < -0.39 is 11.6 Å². The van der Waals surface area contributed by atoms with Gasteiger partial charge in [0.15, 0.2) is 11.6 Å². The van der Waals surface area contributed by atoms with Crippen LogP contribution in [0, 0.1) is 17.5 Å². The molecule has 1 aromatic heterocycles. The van der Waals surface area contributed by atoms with Crippen molar-refractivity contribution in [1.29, 1.82) is 0 Å². The Kier molecular flexibility index (Phi) is 4.31. The Balaban J connectivity index is 1.43. The van der Waals surface area contributed by atoms with E-state index in [1.54, 1.807) is 47.3 Å². The first-order chi connectivity index (χ1) is 14.6. The summed E-state index contributed by atoms with van der Waals surface area (Å²) >= 11 is 0. The van der Waals surface area contributed by atoms with Crippen LogP contribution in [0.1, 0.15) is 5.76 Å². The van der Waals surface area contributed by atoms with Gasteiger partial charge >= 0.3 is 0 Å². The monoisotopic (exact) mass is 406 g/mol. The van der Waals surface area contributed by atoms with Crippen molar-refractivity contribution < 1.29 is 17.7 Å². The van der Waals surface area contributed by atoms with Crippen LogP contribution in [0.4, 0.5) is 13.2 Å². The predicted octanol–water partition coefficient (Wildman–Crippen LogP) is 5.17. The Morgan fingerprint density at radius 2 is 1.60 bits per heavy atom. The Bertz CT molecular complexity index is 1330. The molecule has 3 heterocycles. The molecule has 30 heavy (non-hydrogen) atoms. The van der Waals surface area contributed by atoms with Crippen molar-refractivity contribution in [3.63, 3.8) is 0 Å². The topological polar surface area (TPSA) is 56.7 Å². The normalized spacial score (nSPS) is 11.3. The lowest BCUT2D eigenvalue weighted by molar-refractivity contribution is 0.378. The summed E-state index contributed by atoms with van der Waals surface area (Å²) in [6, 6.07) is 12.8. The second kappa shape index (κ2) is 7.14. The summed E-state index contributed by atoms with van der Waals surface area (Å²) in [5.41, 5.74) is 1.79. The standard InChI is InChI=1S/C22H13F3N4O/c23-13-5-6-18(25)16(9-13)20-10-14(30-28-20)11-29-8-7-19-21(12-29)27-22(26-19)15-3-1-2-4-17(15)24/h1-10,12H,11H2. The number of nitrogens with zero attached hydrogens (tertiary/aromatic N) is 4. The molecular weight excluding hydrogens is 393 g/mol. The lowest BCUT2D eigenvalue weighted by Gasteiger charge is -2.04. The smallest absolute Gasteiger partial charge is 0.163 e. The first-order valence-electron chi connectivity index (χ1n) is 9.06. The molecule has 0 fully saturated rings. The molecule has 0 saturated heterocycles. The summed E-state index contributed by atoms with van der Waals surface area (Å²) in [6.45, 7) is 0.293. The van der Waals surface area contributed by atoms with Crippen molar-refractivity contribution in [1.82, 2.24) is 19.7 Å². The van der Waals surface area contributed by atoms with Crippen LogP contribution in [-0.4, -0.2) is 19.7 Å². The SMILES string of the molecule is Fc1ccc(F)c(-c2cc(Cn3ccc4nc(-c5ccccc5F)nc-4c3)on2)c1. The number of hydrogen-bond donors (Lipinski definition) is 0. The van der Waals surface area contributed by atoms with Gasteiger partial charge in [0, 0.05) is 24.0 Å². The zero-order valence-corrected chi connectivity index (χ0v) is 15.4. The number of benzene rings is 2. The molecule has 0 saturated carbocycles. The van der Waals surface area contributed by atoms with E-state index >= 15 is 0 Å². The van der Waals surface area contributed by atoms with Crippen molar-refractivity contribution in [2.75, 3.05) is 0 Å². The maximum absolute atomic E-state index is 14.0. The molecule has 0 bridgehead atoms. The van der Waals surface area contributed by atoms with Crippen LogP contribution < -0.4 is 0 Å². The minimum absolute atomic E-state index is 0.0295. The summed E-state index contributed by atoms with van der Waals surface area (Å²) in [6.07, 6.45) is 3.52.